The quantitative estimate of drug-likeness (QED) is 0.376. The molecular weight excluding hydrogens is 567 g/mol. The lowest BCUT2D eigenvalue weighted by Crippen LogP contribution is -2.51. The van der Waals surface area contributed by atoms with E-state index in [-0.39, 0.29) is 63.4 Å². The van der Waals surface area contributed by atoms with Crippen LogP contribution in [0.15, 0.2) is 18.2 Å². The van der Waals surface area contributed by atoms with Gasteiger partial charge in [0.15, 0.2) is 5.82 Å². The summed E-state index contributed by atoms with van der Waals surface area (Å²) in [6, 6.07) is 4.63. The zero-order chi connectivity index (χ0) is 28.7. The van der Waals surface area contributed by atoms with Crippen LogP contribution in [-0.4, -0.2) is 76.6 Å². The largest absolute Gasteiger partial charge is 0.508 e. The molecule has 5 aliphatic rings. The molecule has 222 valence electrons. The standard InChI is InChI=1S/C31H33ClF3N5O2/c32-23-9-20(41)8-21(25(23)16-2-3-16)26-24(34)10-22-28(27(26)35)37-30(38-29(22)39-13-18-4-5-19(14-39)36-18)42-15-31-6-1-7-40(31)12-17(33)11-31/h8-10,16-19,36,41H,1-7,11-15H2/t17-,18-,19+,31+/m1/s1. The van der Waals surface area contributed by atoms with Gasteiger partial charge in [-0.1, -0.05) is 11.6 Å². The molecule has 0 amide bonds. The van der Waals surface area contributed by atoms with E-state index in [4.69, 9.17) is 21.3 Å². The fourth-order valence-electron chi connectivity index (χ4n) is 7.93. The van der Waals surface area contributed by atoms with Gasteiger partial charge in [-0.3, -0.25) is 4.90 Å². The molecule has 7 nitrogen and oxygen atoms in total. The number of aromatic hydroxyl groups is 1. The zero-order valence-electron chi connectivity index (χ0n) is 23.2. The van der Waals surface area contributed by atoms with Crippen molar-refractivity contribution in [3.8, 4) is 22.9 Å². The number of hydrogen-bond donors (Lipinski definition) is 2. The number of halogens is 4. The number of phenols is 1. The molecule has 8 rings (SSSR count). The summed E-state index contributed by atoms with van der Waals surface area (Å²) in [5.41, 5.74) is 0.140. The summed E-state index contributed by atoms with van der Waals surface area (Å²) in [5.74, 6) is -1.25. The second kappa shape index (κ2) is 9.86. The summed E-state index contributed by atoms with van der Waals surface area (Å²) in [5, 5.41) is 14.5. The van der Waals surface area contributed by atoms with Crippen LogP contribution < -0.4 is 15.0 Å². The lowest BCUT2D eigenvalue weighted by atomic mass is 9.94. The monoisotopic (exact) mass is 599 g/mol. The second-order valence-corrected chi connectivity index (χ2v) is 13.3. The van der Waals surface area contributed by atoms with Crippen molar-refractivity contribution in [2.45, 2.75) is 74.7 Å². The van der Waals surface area contributed by atoms with Gasteiger partial charge in [-0.15, -0.1) is 0 Å². The second-order valence-electron chi connectivity index (χ2n) is 12.8. The summed E-state index contributed by atoms with van der Waals surface area (Å²) in [6.45, 7) is 2.73. The van der Waals surface area contributed by atoms with Gasteiger partial charge in [0.2, 0.25) is 0 Å². The van der Waals surface area contributed by atoms with Crippen molar-refractivity contribution < 1.29 is 23.0 Å². The molecule has 1 aliphatic carbocycles. The molecule has 2 N–H and O–H groups in total. The van der Waals surface area contributed by atoms with Crippen molar-refractivity contribution in [1.82, 2.24) is 20.2 Å². The van der Waals surface area contributed by atoms with Crippen LogP contribution in [0.1, 0.15) is 56.4 Å². The van der Waals surface area contributed by atoms with Crippen LogP contribution in [0.3, 0.4) is 0 Å². The van der Waals surface area contributed by atoms with Gasteiger partial charge in [-0.25, -0.2) is 13.2 Å². The highest BCUT2D eigenvalue weighted by Crippen LogP contribution is 2.50. The summed E-state index contributed by atoms with van der Waals surface area (Å²) in [7, 11) is 0. The average molecular weight is 600 g/mol. The molecule has 3 aromatic rings. The van der Waals surface area contributed by atoms with Crippen molar-refractivity contribution in [1.29, 1.82) is 0 Å². The molecule has 11 heteroatoms. The van der Waals surface area contributed by atoms with E-state index < -0.39 is 23.3 Å². The highest BCUT2D eigenvalue weighted by Gasteiger charge is 2.49. The number of nitrogens with one attached hydrogen (secondary N) is 1. The molecule has 42 heavy (non-hydrogen) atoms. The van der Waals surface area contributed by atoms with Gasteiger partial charge in [0.05, 0.1) is 11.1 Å². The smallest absolute Gasteiger partial charge is 0.319 e. The Labute approximate surface area is 247 Å². The van der Waals surface area contributed by atoms with Crippen LogP contribution in [0.25, 0.3) is 22.0 Å². The number of ether oxygens (including phenoxy) is 1. The number of hydrogen-bond acceptors (Lipinski definition) is 7. The Morgan fingerprint density at radius 3 is 2.62 bits per heavy atom. The molecule has 4 aliphatic heterocycles. The molecule has 5 heterocycles. The van der Waals surface area contributed by atoms with Crippen LogP contribution in [0, 0.1) is 11.6 Å². The van der Waals surface area contributed by atoms with E-state index in [0.717, 1.165) is 45.1 Å². The molecule has 0 spiro atoms. The minimum Gasteiger partial charge on any atom is -0.508 e. The minimum atomic E-state index is -0.906. The van der Waals surface area contributed by atoms with E-state index in [9.17, 15) is 9.50 Å². The Kier molecular flexibility index (Phi) is 6.28. The lowest BCUT2D eigenvalue weighted by Gasteiger charge is -2.34. The van der Waals surface area contributed by atoms with E-state index in [1.165, 1.54) is 18.2 Å². The van der Waals surface area contributed by atoms with Crippen molar-refractivity contribution in [2.24, 2.45) is 0 Å². The minimum absolute atomic E-state index is 0.000251. The third-order valence-electron chi connectivity index (χ3n) is 9.96. The van der Waals surface area contributed by atoms with Crippen LogP contribution in [0.4, 0.5) is 19.0 Å². The van der Waals surface area contributed by atoms with Crippen LogP contribution in [0.5, 0.6) is 11.8 Å². The topological polar surface area (TPSA) is 73.8 Å². The fraction of sp³-hybridized carbons (Fsp3) is 0.548. The number of nitrogens with zero attached hydrogens (tertiary/aromatic N) is 4. The first-order valence-corrected chi connectivity index (χ1v) is 15.4. The van der Waals surface area contributed by atoms with Crippen LogP contribution >= 0.6 is 11.6 Å². The number of rotatable bonds is 6. The number of anilines is 1. The van der Waals surface area contributed by atoms with Gasteiger partial charge in [-0.05, 0) is 80.3 Å². The molecule has 5 fully saturated rings. The number of phenolic OH excluding ortho intramolecular Hbond substituents is 1. The maximum Gasteiger partial charge on any atom is 0.319 e. The van der Waals surface area contributed by atoms with Crippen molar-refractivity contribution in [3.05, 3.63) is 40.4 Å². The molecule has 2 bridgehead atoms. The number of alkyl halides is 1. The van der Waals surface area contributed by atoms with Gasteiger partial charge >= 0.3 is 6.01 Å². The van der Waals surface area contributed by atoms with E-state index >= 15 is 8.78 Å². The first-order valence-electron chi connectivity index (χ1n) is 15.0. The number of fused-ring (bicyclic) bond motifs is 4. The predicted octanol–water partition coefficient (Wildman–Crippen LogP) is 5.71. The highest BCUT2D eigenvalue weighted by atomic mass is 35.5. The normalized spacial score (nSPS) is 29.0. The molecule has 0 radical (unpaired) electrons. The third-order valence-corrected chi connectivity index (χ3v) is 10.3. The van der Waals surface area contributed by atoms with E-state index in [2.05, 4.69) is 20.1 Å². The molecule has 4 atom stereocenters. The van der Waals surface area contributed by atoms with E-state index in [0.29, 0.717) is 37.4 Å². The first kappa shape index (κ1) is 26.8. The van der Waals surface area contributed by atoms with Crippen molar-refractivity contribution in [2.75, 3.05) is 37.7 Å². The van der Waals surface area contributed by atoms with Crippen molar-refractivity contribution >= 4 is 28.3 Å². The Bertz CT molecular complexity index is 1580. The Morgan fingerprint density at radius 2 is 1.86 bits per heavy atom. The molecule has 0 unspecified atom stereocenters. The zero-order valence-corrected chi connectivity index (χ0v) is 23.9. The number of benzene rings is 2. The summed E-state index contributed by atoms with van der Waals surface area (Å²) in [4.78, 5) is 13.5. The first-order chi connectivity index (χ1) is 20.3. The Morgan fingerprint density at radius 1 is 1.07 bits per heavy atom. The third kappa shape index (κ3) is 4.40. The fourth-order valence-corrected chi connectivity index (χ4v) is 8.30. The number of aromatic nitrogens is 2. The Balaban J connectivity index is 1.26. The van der Waals surface area contributed by atoms with Gasteiger partial charge in [0.25, 0.3) is 0 Å². The maximum absolute atomic E-state index is 16.6. The molecule has 1 saturated carbocycles. The van der Waals surface area contributed by atoms with Gasteiger partial charge in [0.1, 0.15) is 35.7 Å². The average Bonchev–Trinajstić information content (AvgIpc) is 3.51. The van der Waals surface area contributed by atoms with E-state index in [1.54, 1.807) is 0 Å². The van der Waals surface area contributed by atoms with Gasteiger partial charge in [0, 0.05) is 48.5 Å². The number of piperazine rings is 1. The SMILES string of the molecule is Oc1cc(Cl)c(C2CC2)c(-c2c(F)cc3c(N4C[C@H]5CC[C@@H](C4)N5)nc(OC[C@@]45CCCN4C[C@H](F)C5)nc3c2F)c1. The lowest BCUT2D eigenvalue weighted by molar-refractivity contribution is 0.107. The maximum atomic E-state index is 16.6. The predicted molar refractivity (Wildman–Crippen MR) is 154 cm³/mol. The van der Waals surface area contributed by atoms with Gasteiger partial charge < -0.3 is 20.1 Å². The highest BCUT2D eigenvalue weighted by molar-refractivity contribution is 6.32. The van der Waals surface area contributed by atoms with Crippen LogP contribution in [0.2, 0.25) is 5.02 Å². The van der Waals surface area contributed by atoms with Gasteiger partial charge in [-0.2, -0.15) is 9.97 Å². The van der Waals surface area contributed by atoms with E-state index in [1.807, 2.05) is 0 Å². The Hall–Kier alpha value is -2.82. The summed E-state index contributed by atoms with van der Waals surface area (Å²) in [6.07, 6.45) is 5.07. The van der Waals surface area contributed by atoms with Crippen molar-refractivity contribution in [3.63, 3.8) is 0 Å². The summed E-state index contributed by atoms with van der Waals surface area (Å²) >= 11 is 6.49. The molecule has 2 aromatic carbocycles. The molecule has 1 aromatic heterocycles. The summed E-state index contributed by atoms with van der Waals surface area (Å²) < 4.78 is 53.3. The molecular formula is C31H33ClF3N5O2. The van der Waals surface area contributed by atoms with Crippen LogP contribution in [-0.2, 0) is 0 Å². The molecule has 4 saturated heterocycles.